The minimum Gasteiger partial charge on any atom is -0.465 e. The van der Waals surface area contributed by atoms with Gasteiger partial charge in [0.25, 0.3) is 5.69 Å². The van der Waals surface area contributed by atoms with Crippen molar-refractivity contribution in [2.24, 2.45) is 0 Å². The van der Waals surface area contributed by atoms with Crippen LogP contribution in [0.15, 0.2) is 18.2 Å². The lowest BCUT2D eigenvalue weighted by Gasteiger charge is -2.06. The first-order valence-electron chi connectivity index (χ1n) is 4.17. The van der Waals surface area contributed by atoms with Crippen molar-refractivity contribution in [1.82, 2.24) is 0 Å². The predicted molar refractivity (Wildman–Crippen MR) is 54.1 cm³/mol. The van der Waals surface area contributed by atoms with Gasteiger partial charge in [0.05, 0.1) is 17.7 Å². The van der Waals surface area contributed by atoms with E-state index < -0.39 is 16.6 Å². The van der Waals surface area contributed by atoms with Gasteiger partial charge in [-0.15, -0.1) is 0 Å². The maximum absolute atomic E-state index is 11.4. The molecule has 7 heteroatoms. The smallest absolute Gasteiger partial charge is 0.347 e. The summed E-state index contributed by atoms with van der Waals surface area (Å²) in [7, 11) is 1.10. The molecule has 0 atom stereocenters. The Balaban J connectivity index is 3.39. The van der Waals surface area contributed by atoms with Gasteiger partial charge in [-0.2, -0.15) is 0 Å². The molecule has 0 heterocycles. The highest BCUT2D eigenvalue weighted by atomic mass is 16.6. The molecule has 1 rings (SSSR count). The third-order valence-corrected chi connectivity index (χ3v) is 1.84. The van der Waals surface area contributed by atoms with E-state index in [-0.39, 0.29) is 11.3 Å². The van der Waals surface area contributed by atoms with E-state index in [1.807, 2.05) is 0 Å². The second kappa shape index (κ2) is 4.87. The molecule has 0 saturated heterocycles. The van der Waals surface area contributed by atoms with E-state index in [4.69, 9.17) is 0 Å². The zero-order valence-electron chi connectivity index (χ0n) is 8.30. The first kappa shape index (κ1) is 11.6. The van der Waals surface area contributed by atoms with Gasteiger partial charge < -0.3 is 10.1 Å². The van der Waals surface area contributed by atoms with Crippen molar-refractivity contribution in [3.05, 3.63) is 33.9 Å². The van der Waals surface area contributed by atoms with Gasteiger partial charge in [0.1, 0.15) is 0 Å². The van der Waals surface area contributed by atoms with Crippen molar-refractivity contribution in [3.8, 4) is 0 Å². The van der Waals surface area contributed by atoms with Crippen LogP contribution in [0.1, 0.15) is 10.4 Å². The number of nitro benzene ring substituents is 1. The number of nitrogens with one attached hydrogen (secondary N) is 1. The number of anilines is 1. The fourth-order valence-corrected chi connectivity index (χ4v) is 1.19. The number of carbonyl (C=O) groups excluding carboxylic acids is 2. The summed E-state index contributed by atoms with van der Waals surface area (Å²) < 4.78 is 4.41. The standard InChI is InChI=1S/C9H8N2O5/c1-16-9(13)8-6(10-5-12)3-2-4-7(8)11(14)15/h2-5H,1H3,(H,10,12). The van der Waals surface area contributed by atoms with Gasteiger partial charge in [0.2, 0.25) is 6.41 Å². The topological polar surface area (TPSA) is 98.5 Å². The Morgan fingerprint density at radius 1 is 1.56 bits per heavy atom. The summed E-state index contributed by atoms with van der Waals surface area (Å²) in [6.07, 6.45) is 0.325. The van der Waals surface area contributed by atoms with Gasteiger partial charge in [-0.1, -0.05) is 6.07 Å². The highest BCUT2D eigenvalue weighted by Gasteiger charge is 2.24. The molecule has 0 unspecified atom stereocenters. The quantitative estimate of drug-likeness (QED) is 0.355. The third-order valence-electron chi connectivity index (χ3n) is 1.84. The average Bonchev–Trinajstić information content (AvgIpc) is 2.28. The molecule has 7 nitrogen and oxygen atoms in total. The van der Waals surface area contributed by atoms with E-state index in [1.165, 1.54) is 12.1 Å². The summed E-state index contributed by atoms with van der Waals surface area (Å²) in [5.41, 5.74) is -0.656. The number of rotatable bonds is 4. The molecule has 0 radical (unpaired) electrons. The Bertz CT molecular complexity index is 444. The van der Waals surface area contributed by atoms with Crippen LogP contribution in [0.5, 0.6) is 0 Å². The van der Waals surface area contributed by atoms with E-state index in [0.29, 0.717) is 6.41 Å². The van der Waals surface area contributed by atoms with Gasteiger partial charge in [-0.25, -0.2) is 4.79 Å². The van der Waals surface area contributed by atoms with Gasteiger partial charge in [-0.3, -0.25) is 14.9 Å². The molecule has 1 amide bonds. The van der Waals surface area contributed by atoms with E-state index in [2.05, 4.69) is 10.1 Å². The monoisotopic (exact) mass is 224 g/mol. The van der Waals surface area contributed by atoms with Gasteiger partial charge in [0, 0.05) is 6.07 Å². The van der Waals surface area contributed by atoms with Crippen LogP contribution >= 0.6 is 0 Å². The number of ether oxygens (including phenoxy) is 1. The number of esters is 1. The third kappa shape index (κ3) is 2.14. The van der Waals surface area contributed by atoms with E-state index >= 15 is 0 Å². The maximum Gasteiger partial charge on any atom is 0.347 e. The van der Waals surface area contributed by atoms with Gasteiger partial charge in [-0.05, 0) is 6.07 Å². The Morgan fingerprint density at radius 2 is 2.25 bits per heavy atom. The molecule has 1 N–H and O–H groups in total. The molecule has 0 aliphatic heterocycles. The lowest BCUT2D eigenvalue weighted by molar-refractivity contribution is -0.385. The van der Waals surface area contributed by atoms with Crippen LogP contribution in [0.25, 0.3) is 0 Å². The molecule has 0 bridgehead atoms. The number of nitrogens with zero attached hydrogens (tertiary/aromatic N) is 1. The van der Waals surface area contributed by atoms with Crippen molar-refractivity contribution < 1.29 is 19.2 Å². The van der Waals surface area contributed by atoms with Crippen LogP contribution < -0.4 is 5.32 Å². The van der Waals surface area contributed by atoms with Crippen LogP contribution in [-0.4, -0.2) is 24.4 Å². The summed E-state index contributed by atoms with van der Waals surface area (Å²) in [4.78, 5) is 31.6. The molecule has 0 aliphatic carbocycles. The molecule has 16 heavy (non-hydrogen) atoms. The number of amides is 1. The second-order valence-corrected chi connectivity index (χ2v) is 2.71. The summed E-state index contributed by atoms with van der Waals surface area (Å²) in [6.45, 7) is 0. The highest BCUT2D eigenvalue weighted by Crippen LogP contribution is 2.26. The van der Waals surface area contributed by atoms with Gasteiger partial charge >= 0.3 is 5.97 Å². The maximum atomic E-state index is 11.4. The summed E-state index contributed by atoms with van der Waals surface area (Å²) in [5, 5.41) is 12.9. The van der Waals surface area contributed by atoms with Crippen molar-refractivity contribution in [3.63, 3.8) is 0 Å². The average molecular weight is 224 g/mol. The van der Waals surface area contributed by atoms with Crippen LogP contribution in [0.3, 0.4) is 0 Å². The minimum absolute atomic E-state index is 0.0380. The molecular formula is C9H8N2O5. The Labute approximate surface area is 90.2 Å². The molecule has 0 aliphatic rings. The number of hydrogen-bond acceptors (Lipinski definition) is 5. The van der Waals surface area contributed by atoms with E-state index in [0.717, 1.165) is 13.2 Å². The molecule has 0 fully saturated rings. The fraction of sp³-hybridized carbons (Fsp3) is 0.111. The van der Waals surface area contributed by atoms with Crippen LogP contribution in [0.4, 0.5) is 11.4 Å². The summed E-state index contributed by atoms with van der Waals surface area (Å²) in [6, 6.07) is 3.88. The van der Waals surface area contributed by atoms with E-state index in [1.54, 1.807) is 0 Å². The molecular weight excluding hydrogens is 216 g/mol. The van der Waals surface area contributed by atoms with Crippen molar-refractivity contribution >= 4 is 23.8 Å². The van der Waals surface area contributed by atoms with Crippen LogP contribution in [-0.2, 0) is 9.53 Å². The zero-order chi connectivity index (χ0) is 12.1. The van der Waals surface area contributed by atoms with Crippen LogP contribution in [0.2, 0.25) is 0 Å². The first-order chi connectivity index (χ1) is 7.61. The lowest BCUT2D eigenvalue weighted by atomic mass is 10.1. The molecule has 0 saturated carbocycles. The van der Waals surface area contributed by atoms with Crippen molar-refractivity contribution in [2.75, 3.05) is 12.4 Å². The molecule has 1 aromatic rings. The number of nitro groups is 1. The van der Waals surface area contributed by atoms with Gasteiger partial charge in [0.15, 0.2) is 5.56 Å². The molecule has 0 spiro atoms. The Hall–Kier alpha value is -2.44. The number of benzene rings is 1. The predicted octanol–water partition coefficient (Wildman–Crippen LogP) is 0.950. The summed E-state index contributed by atoms with van der Waals surface area (Å²) >= 11 is 0. The highest BCUT2D eigenvalue weighted by molar-refractivity contribution is 6.01. The number of methoxy groups -OCH3 is 1. The number of carbonyl (C=O) groups is 2. The van der Waals surface area contributed by atoms with Crippen molar-refractivity contribution in [2.45, 2.75) is 0 Å². The SMILES string of the molecule is COC(=O)c1c(NC=O)cccc1[N+](=O)[O-]. The fourth-order valence-electron chi connectivity index (χ4n) is 1.19. The second-order valence-electron chi connectivity index (χ2n) is 2.71. The lowest BCUT2D eigenvalue weighted by Crippen LogP contribution is -2.10. The van der Waals surface area contributed by atoms with E-state index in [9.17, 15) is 19.7 Å². The Morgan fingerprint density at radius 3 is 2.75 bits per heavy atom. The largest absolute Gasteiger partial charge is 0.465 e. The molecule has 1 aromatic carbocycles. The zero-order valence-corrected chi connectivity index (χ0v) is 8.30. The molecule has 0 aromatic heterocycles. The number of hydrogen-bond donors (Lipinski definition) is 1. The van der Waals surface area contributed by atoms with Crippen LogP contribution in [0, 0.1) is 10.1 Å². The normalized spacial score (nSPS) is 9.31. The summed E-state index contributed by atoms with van der Waals surface area (Å²) in [5.74, 6) is -0.878. The minimum atomic E-state index is -0.878. The molecule has 84 valence electrons. The first-order valence-corrected chi connectivity index (χ1v) is 4.17. The Kier molecular flexibility index (Phi) is 3.54. The van der Waals surface area contributed by atoms with Crippen molar-refractivity contribution in [1.29, 1.82) is 0 Å².